The minimum Gasteiger partial charge on any atom is -0.368 e. The number of carbonyl (C=O) groups excluding carboxylic acids is 2. The van der Waals surface area contributed by atoms with Crippen molar-refractivity contribution < 1.29 is 9.59 Å². The molecule has 82 valence electrons. The Hall–Kier alpha value is -0.750. The molecular weight excluding hydrogens is 202 g/mol. The van der Waals surface area contributed by atoms with Crippen LogP contribution in [0.1, 0.15) is 13.8 Å². The Labute approximate surface area is 89.2 Å². The van der Waals surface area contributed by atoms with Crippen LogP contribution in [0, 0.1) is 0 Å². The molecule has 0 aliphatic heterocycles. The first kappa shape index (κ1) is 13.2. The second-order valence-corrected chi connectivity index (χ2v) is 4.74. The first-order valence-electron chi connectivity index (χ1n) is 4.24. The lowest BCUT2D eigenvalue weighted by molar-refractivity contribution is -0.127. The molecule has 0 aliphatic carbocycles. The highest BCUT2D eigenvalue weighted by atomic mass is 32.1. The molecule has 0 saturated carbocycles. The van der Waals surface area contributed by atoms with Crippen LogP contribution in [-0.4, -0.2) is 36.2 Å². The van der Waals surface area contributed by atoms with Gasteiger partial charge in [-0.3, -0.25) is 9.59 Å². The van der Waals surface area contributed by atoms with Gasteiger partial charge in [-0.15, -0.1) is 0 Å². The molecule has 14 heavy (non-hydrogen) atoms. The Kier molecular flexibility index (Phi) is 4.93. The number of nitrogens with one attached hydrogen (secondary N) is 2. The van der Waals surface area contributed by atoms with E-state index < -0.39 is 16.7 Å². The van der Waals surface area contributed by atoms with Gasteiger partial charge in [0.2, 0.25) is 11.8 Å². The van der Waals surface area contributed by atoms with Gasteiger partial charge in [-0.25, -0.2) is 0 Å². The van der Waals surface area contributed by atoms with E-state index >= 15 is 0 Å². The molecule has 0 fully saturated rings. The minimum atomic E-state index is -0.772. The van der Waals surface area contributed by atoms with Crippen molar-refractivity contribution in [1.82, 2.24) is 10.6 Å². The Morgan fingerprint density at radius 1 is 1.50 bits per heavy atom. The molecule has 0 saturated heterocycles. The molecule has 0 aromatic carbocycles. The summed E-state index contributed by atoms with van der Waals surface area (Å²) in [5, 5.41) is 5.18. The van der Waals surface area contributed by atoms with Gasteiger partial charge in [0, 0.05) is 4.75 Å². The van der Waals surface area contributed by atoms with Crippen LogP contribution in [0.2, 0.25) is 0 Å². The molecule has 0 aliphatic rings. The highest BCUT2D eigenvalue weighted by Gasteiger charge is 2.31. The lowest BCUT2D eigenvalue weighted by Gasteiger charge is -2.27. The smallest absolute Gasteiger partial charge is 0.241 e. The lowest BCUT2D eigenvalue weighted by Crippen LogP contribution is -2.55. The average Bonchev–Trinajstić information content (AvgIpc) is 1.98. The van der Waals surface area contributed by atoms with Crippen molar-refractivity contribution in [2.24, 2.45) is 5.73 Å². The van der Waals surface area contributed by atoms with E-state index in [1.165, 1.54) is 0 Å². The van der Waals surface area contributed by atoms with E-state index in [1.807, 2.05) is 0 Å². The molecule has 0 aromatic heterocycles. The fourth-order valence-corrected chi connectivity index (χ4v) is 1.16. The van der Waals surface area contributed by atoms with Crippen LogP contribution < -0.4 is 16.4 Å². The van der Waals surface area contributed by atoms with Crippen LogP contribution in [0.5, 0.6) is 0 Å². The summed E-state index contributed by atoms with van der Waals surface area (Å²) in [4.78, 5) is 22.2. The van der Waals surface area contributed by atoms with E-state index in [2.05, 4.69) is 23.3 Å². The van der Waals surface area contributed by atoms with Gasteiger partial charge in [0.25, 0.3) is 0 Å². The summed E-state index contributed by atoms with van der Waals surface area (Å²) in [5.41, 5.74) is 5.14. The van der Waals surface area contributed by atoms with Gasteiger partial charge in [-0.2, -0.15) is 12.6 Å². The summed E-state index contributed by atoms with van der Waals surface area (Å²) in [6, 6.07) is -0.772. The number of likely N-dealkylation sites (N-methyl/N-ethyl adjacent to an activating group) is 1. The molecule has 5 nitrogen and oxygen atoms in total. The summed E-state index contributed by atoms with van der Waals surface area (Å²) in [5.74, 6) is -0.868. The second kappa shape index (κ2) is 5.21. The third kappa shape index (κ3) is 4.48. The van der Waals surface area contributed by atoms with Crippen molar-refractivity contribution in [3.05, 3.63) is 0 Å². The predicted molar refractivity (Wildman–Crippen MR) is 58.1 cm³/mol. The van der Waals surface area contributed by atoms with Crippen LogP contribution in [0.3, 0.4) is 0 Å². The van der Waals surface area contributed by atoms with Gasteiger partial charge in [0.05, 0.1) is 6.54 Å². The molecule has 0 bridgehead atoms. The molecule has 4 N–H and O–H groups in total. The van der Waals surface area contributed by atoms with Crippen molar-refractivity contribution in [3.8, 4) is 0 Å². The van der Waals surface area contributed by atoms with E-state index in [4.69, 9.17) is 5.73 Å². The fraction of sp³-hybridized carbons (Fsp3) is 0.750. The molecule has 0 spiro atoms. The summed E-state index contributed by atoms with van der Waals surface area (Å²) >= 11 is 4.20. The third-order valence-electron chi connectivity index (χ3n) is 1.63. The maximum absolute atomic E-state index is 11.2. The van der Waals surface area contributed by atoms with Crippen LogP contribution in [0.4, 0.5) is 0 Å². The number of thiol groups is 1. The van der Waals surface area contributed by atoms with Gasteiger partial charge in [-0.05, 0) is 20.9 Å². The minimum absolute atomic E-state index is 0.146. The number of amides is 2. The topological polar surface area (TPSA) is 84.2 Å². The summed E-state index contributed by atoms with van der Waals surface area (Å²) in [7, 11) is 1.64. The number of rotatable bonds is 5. The molecule has 0 radical (unpaired) electrons. The van der Waals surface area contributed by atoms with Crippen LogP contribution in [0.15, 0.2) is 0 Å². The standard InChI is InChI=1S/C8H17N3O2S/c1-8(2,14)6(7(9)13)11-5(12)4-10-3/h6,10,14H,4H2,1-3H3,(H2,9,13)(H,11,12)/t6-/m1/s1. The Morgan fingerprint density at radius 2 is 2.00 bits per heavy atom. The third-order valence-corrected chi connectivity index (χ3v) is 1.89. The number of carbonyl (C=O) groups is 2. The van der Waals surface area contributed by atoms with Gasteiger partial charge in [0.1, 0.15) is 6.04 Å². The highest BCUT2D eigenvalue weighted by molar-refractivity contribution is 7.81. The van der Waals surface area contributed by atoms with Crippen molar-refractivity contribution >= 4 is 24.4 Å². The quantitative estimate of drug-likeness (QED) is 0.442. The first-order chi connectivity index (χ1) is 6.29. The molecule has 0 rings (SSSR count). The lowest BCUT2D eigenvalue weighted by atomic mass is 10.0. The average molecular weight is 219 g/mol. The van der Waals surface area contributed by atoms with E-state index in [0.29, 0.717) is 0 Å². The van der Waals surface area contributed by atoms with Gasteiger partial charge in [0.15, 0.2) is 0 Å². The molecule has 0 unspecified atom stereocenters. The molecule has 0 heterocycles. The second-order valence-electron chi connectivity index (χ2n) is 3.59. The maximum atomic E-state index is 11.2. The first-order valence-corrected chi connectivity index (χ1v) is 4.69. The molecule has 6 heteroatoms. The maximum Gasteiger partial charge on any atom is 0.241 e. The fourth-order valence-electron chi connectivity index (χ4n) is 0.968. The van der Waals surface area contributed by atoms with E-state index in [9.17, 15) is 9.59 Å². The number of nitrogens with two attached hydrogens (primary N) is 1. The Balaban J connectivity index is 4.40. The van der Waals surface area contributed by atoms with Crippen molar-refractivity contribution in [1.29, 1.82) is 0 Å². The van der Waals surface area contributed by atoms with Crippen molar-refractivity contribution in [2.75, 3.05) is 13.6 Å². The Morgan fingerprint density at radius 3 is 2.29 bits per heavy atom. The van der Waals surface area contributed by atoms with E-state index in [1.54, 1.807) is 20.9 Å². The SMILES string of the molecule is CNCC(=O)N[C@H](C(N)=O)C(C)(C)S. The predicted octanol–water partition coefficient (Wildman–Crippen LogP) is -1.12. The molecule has 1 atom stereocenters. The largest absolute Gasteiger partial charge is 0.368 e. The normalized spacial score (nSPS) is 13.4. The zero-order valence-corrected chi connectivity index (χ0v) is 9.52. The van der Waals surface area contributed by atoms with Crippen molar-refractivity contribution in [3.63, 3.8) is 0 Å². The Bertz CT molecular complexity index is 225. The monoisotopic (exact) mass is 219 g/mol. The zero-order chi connectivity index (χ0) is 11.4. The molecule has 0 aromatic rings. The van der Waals surface area contributed by atoms with E-state index in [0.717, 1.165) is 0 Å². The van der Waals surface area contributed by atoms with Crippen LogP contribution >= 0.6 is 12.6 Å². The number of hydrogen-bond donors (Lipinski definition) is 4. The van der Waals surface area contributed by atoms with Crippen molar-refractivity contribution in [2.45, 2.75) is 24.6 Å². The summed E-state index contributed by atoms with van der Waals surface area (Å²) in [6.45, 7) is 3.57. The van der Waals surface area contributed by atoms with E-state index in [-0.39, 0.29) is 12.5 Å². The zero-order valence-electron chi connectivity index (χ0n) is 8.63. The summed E-state index contributed by atoms with van der Waals surface area (Å²) in [6.07, 6.45) is 0. The number of hydrogen-bond acceptors (Lipinski definition) is 4. The molecule has 2 amide bonds. The van der Waals surface area contributed by atoms with Gasteiger partial charge >= 0.3 is 0 Å². The summed E-state index contributed by atoms with van der Waals surface area (Å²) < 4.78 is -0.671. The van der Waals surface area contributed by atoms with Crippen LogP contribution in [0.25, 0.3) is 0 Å². The van der Waals surface area contributed by atoms with Gasteiger partial charge < -0.3 is 16.4 Å². The highest BCUT2D eigenvalue weighted by Crippen LogP contribution is 2.17. The molecular formula is C8H17N3O2S. The van der Waals surface area contributed by atoms with Gasteiger partial charge in [-0.1, -0.05) is 0 Å². The number of primary amides is 1. The van der Waals surface area contributed by atoms with Crippen LogP contribution in [-0.2, 0) is 9.59 Å².